The van der Waals surface area contributed by atoms with Crippen molar-refractivity contribution in [3.05, 3.63) is 0 Å². The fourth-order valence-electron chi connectivity index (χ4n) is 1.23. The van der Waals surface area contributed by atoms with Crippen molar-refractivity contribution >= 4 is 11.9 Å². The van der Waals surface area contributed by atoms with Crippen LogP contribution in [0.5, 0.6) is 0 Å². The number of nitrogens with one attached hydrogen (secondary N) is 1. The number of amides is 1. The Hall–Kier alpha value is -1.50. The Kier molecular flexibility index (Phi) is 4.71. The van der Waals surface area contributed by atoms with E-state index in [2.05, 4.69) is 10.1 Å². The summed E-state index contributed by atoms with van der Waals surface area (Å²) in [6.45, 7) is 3.50. The Balaban J connectivity index is 4.64. The van der Waals surface area contributed by atoms with E-state index in [9.17, 15) is 9.59 Å². The summed E-state index contributed by atoms with van der Waals surface area (Å²) in [6, 6.07) is 0. The molecule has 4 heteroatoms. The van der Waals surface area contributed by atoms with Crippen LogP contribution in [0, 0.1) is 12.3 Å². The van der Waals surface area contributed by atoms with Crippen LogP contribution in [0.15, 0.2) is 0 Å². The highest BCUT2D eigenvalue weighted by Gasteiger charge is 2.34. The number of hydrogen-bond acceptors (Lipinski definition) is 3. The maximum atomic E-state index is 11.4. The molecule has 0 aromatic carbocycles. The van der Waals surface area contributed by atoms with Gasteiger partial charge in [0.15, 0.2) is 0 Å². The van der Waals surface area contributed by atoms with Gasteiger partial charge in [-0.25, -0.2) is 4.79 Å². The Morgan fingerprint density at radius 2 is 2.14 bits per heavy atom. The zero-order valence-corrected chi connectivity index (χ0v) is 8.72. The lowest BCUT2D eigenvalue weighted by Gasteiger charge is -2.26. The van der Waals surface area contributed by atoms with Gasteiger partial charge in [-0.1, -0.05) is 13.3 Å². The van der Waals surface area contributed by atoms with Gasteiger partial charge in [0.25, 0.3) is 5.91 Å². The van der Waals surface area contributed by atoms with Gasteiger partial charge in [0.05, 0.1) is 7.11 Å². The van der Waals surface area contributed by atoms with Crippen LogP contribution in [0.25, 0.3) is 0 Å². The lowest BCUT2D eigenvalue weighted by atomic mass is 9.96. The van der Waals surface area contributed by atoms with Crippen molar-refractivity contribution in [1.82, 2.24) is 5.32 Å². The number of methoxy groups -OCH3 is 1. The van der Waals surface area contributed by atoms with E-state index in [1.807, 2.05) is 12.8 Å². The molecule has 0 spiro atoms. The summed E-state index contributed by atoms with van der Waals surface area (Å²) >= 11 is 0. The molecular formula is C10H15NO3. The maximum Gasteiger partial charge on any atom is 0.331 e. The molecular weight excluding hydrogens is 182 g/mol. The van der Waals surface area contributed by atoms with Gasteiger partial charge in [0.2, 0.25) is 0 Å². The van der Waals surface area contributed by atoms with E-state index in [0.29, 0.717) is 6.42 Å². The van der Waals surface area contributed by atoms with Crippen LogP contribution >= 0.6 is 0 Å². The highest BCUT2D eigenvalue weighted by atomic mass is 16.5. The van der Waals surface area contributed by atoms with Crippen molar-refractivity contribution in [2.24, 2.45) is 0 Å². The zero-order valence-electron chi connectivity index (χ0n) is 8.72. The second-order valence-corrected chi connectivity index (χ2v) is 3.17. The number of esters is 1. The molecule has 0 aliphatic heterocycles. The number of rotatable bonds is 4. The minimum absolute atomic E-state index is 0.483. The Bertz CT molecular complexity index is 267. The highest BCUT2D eigenvalue weighted by Crippen LogP contribution is 2.13. The molecule has 0 radical (unpaired) electrons. The number of terminal acetylenes is 1. The SMILES string of the molecule is C#CC(=O)NC(C)(CCC)C(=O)OC. The molecule has 0 rings (SSSR count). The minimum atomic E-state index is -1.02. The third-order valence-corrected chi connectivity index (χ3v) is 1.91. The average Bonchev–Trinajstić information content (AvgIpc) is 2.16. The molecule has 14 heavy (non-hydrogen) atoms. The predicted molar refractivity (Wildman–Crippen MR) is 52.3 cm³/mol. The summed E-state index contributed by atoms with van der Waals surface area (Å²) < 4.78 is 4.59. The second kappa shape index (κ2) is 5.28. The Morgan fingerprint density at radius 3 is 2.50 bits per heavy atom. The molecule has 0 saturated carbocycles. The first kappa shape index (κ1) is 12.5. The van der Waals surface area contributed by atoms with Gasteiger partial charge in [0, 0.05) is 0 Å². The third kappa shape index (κ3) is 3.09. The van der Waals surface area contributed by atoms with E-state index < -0.39 is 17.4 Å². The highest BCUT2D eigenvalue weighted by molar-refractivity contribution is 5.97. The molecule has 0 heterocycles. The van der Waals surface area contributed by atoms with Gasteiger partial charge in [0.1, 0.15) is 5.54 Å². The maximum absolute atomic E-state index is 11.4. The molecule has 1 N–H and O–H groups in total. The quantitative estimate of drug-likeness (QED) is 0.526. The van der Waals surface area contributed by atoms with Crippen LogP contribution in [-0.4, -0.2) is 24.5 Å². The number of ether oxygens (including phenoxy) is 1. The van der Waals surface area contributed by atoms with Gasteiger partial charge in [-0.3, -0.25) is 4.79 Å². The first-order valence-corrected chi connectivity index (χ1v) is 4.37. The molecule has 0 aromatic rings. The van der Waals surface area contributed by atoms with Gasteiger partial charge in [-0.15, -0.1) is 6.42 Å². The molecule has 4 nitrogen and oxygen atoms in total. The monoisotopic (exact) mass is 197 g/mol. The van der Waals surface area contributed by atoms with E-state index in [0.717, 1.165) is 6.42 Å². The minimum Gasteiger partial charge on any atom is -0.467 e. The van der Waals surface area contributed by atoms with Gasteiger partial charge >= 0.3 is 5.97 Å². The summed E-state index contributed by atoms with van der Waals surface area (Å²) in [5, 5.41) is 2.45. The molecule has 0 aliphatic rings. The second-order valence-electron chi connectivity index (χ2n) is 3.17. The first-order valence-electron chi connectivity index (χ1n) is 4.37. The van der Waals surface area contributed by atoms with Crippen molar-refractivity contribution in [2.75, 3.05) is 7.11 Å². The molecule has 0 bridgehead atoms. The molecule has 0 saturated heterocycles. The average molecular weight is 197 g/mol. The summed E-state index contributed by atoms with van der Waals surface area (Å²) in [6.07, 6.45) is 6.14. The summed E-state index contributed by atoms with van der Waals surface area (Å²) in [7, 11) is 1.28. The van der Waals surface area contributed by atoms with Crippen molar-refractivity contribution < 1.29 is 14.3 Å². The van der Waals surface area contributed by atoms with E-state index in [1.54, 1.807) is 6.92 Å². The Morgan fingerprint density at radius 1 is 1.57 bits per heavy atom. The van der Waals surface area contributed by atoms with E-state index in [1.165, 1.54) is 7.11 Å². The lowest BCUT2D eigenvalue weighted by Crippen LogP contribution is -2.52. The molecule has 0 aliphatic carbocycles. The van der Waals surface area contributed by atoms with E-state index in [-0.39, 0.29) is 0 Å². The lowest BCUT2D eigenvalue weighted by molar-refractivity contribution is -0.149. The van der Waals surface area contributed by atoms with Crippen LogP contribution in [0.3, 0.4) is 0 Å². The molecule has 0 aromatic heterocycles. The number of hydrogen-bond donors (Lipinski definition) is 1. The fourth-order valence-corrected chi connectivity index (χ4v) is 1.23. The molecule has 78 valence electrons. The van der Waals surface area contributed by atoms with Crippen molar-refractivity contribution in [1.29, 1.82) is 0 Å². The van der Waals surface area contributed by atoms with E-state index >= 15 is 0 Å². The number of carbonyl (C=O) groups excluding carboxylic acids is 2. The van der Waals surface area contributed by atoms with E-state index in [4.69, 9.17) is 6.42 Å². The van der Waals surface area contributed by atoms with Crippen LogP contribution < -0.4 is 5.32 Å². The topological polar surface area (TPSA) is 55.4 Å². The predicted octanol–water partition coefficient (Wildman–Crippen LogP) is 0.468. The van der Waals surface area contributed by atoms with Crippen LogP contribution in [-0.2, 0) is 14.3 Å². The molecule has 1 amide bonds. The van der Waals surface area contributed by atoms with Crippen LogP contribution in [0.1, 0.15) is 26.7 Å². The fraction of sp³-hybridized carbons (Fsp3) is 0.600. The smallest absolute Gasteiger partial charge is 0.331 e. The number of carbonyl (C=O) groups is 2. The van der Waals surface area contributed by atoms with Crippen LogP contribution in [0.4, 0.5) is 0 Å². The third-order valence-electron chi connectivity index (χ3n) is 1.91. The normalized spacial score (nSPS) is 13.6. The van der Waals surface area contributed by atoms with Crippen molar-refractivity contribution in [3.63, 3.8) is 0 Å². The van der Waals surface area contributed by atoms with Gasteiger partial charge in [-0.2, -0.15) is 0 Å². The van der Waals surface area contributed by atoms with Crippen molar-refractivity contribution in [3.8, 4) is 12.3 Å². The zero-order chi connectivity index (χ0) is 11.2. The van der Waals surface area contributed by atoms with Crippen molar-refractivity contribution in [2.45, 2.75) is 32.2 Å². The Labute approximate surface area is 84.0 Å². The first-order chi connectivity index (χ1) is 6.50. The standard InChI is InChI=1S/C10H15NO3/c1-5-7-10(3,9(13)14-4)11-8(12)6-2/h2H,5,7H2,1,3-4H3,(H,11,12). The van der Waals surface area contributed by atoms with Gasteiger partial charge in [-0.05, 0) is 19.3 Å². The molecule has 1 atom stereocenters. The summed E-state index contributed by atoms with van der Waals surface area (Å²) in [5.74, 6) is 0.812. The molecule has 1 unspecified atom stereocenters. The largest absolute Gasteiger partial charge is 0.467 e. The van der Waals surface area contributed by atoms with Gasteiger partial charge < -0.3 is 10.1 Å². The molecule has 0 fully saturated rings. The summed E-state index contributed by atoms with van der Waals surface area (Å²) in [4.78, 5) is 22.3. The van der Waals surface area contributed by atoms with Crippen LogP contribution in [0.2, 0.25) is 0 Å². The summed E-state index contributed by atoms with van der Waals surface area (Å²) in [5.41, 5.74) is -1.02.